The molecule has 0 aliphatic carbocycles. The Kier molecular flexibility index (Phi) is 8.81. The SMILES string of the molecule is CCCC[Si](C)(C)C(CC)O[Si](C)(C)C(CC)CC. The zero-order chi connectivity index (χ0) is 15.1. The van der Waals surface area contributed by atoms with Crippen molar-refractivity contribution in [3.63, 3.8) is 0 Å². The second-order valence-corrected chi connectivity index (χ2v) is 16.6. The average molecular weight is 303 g/mol. The predicted molar refractivity (Wildman–Crippen MR) is 94.2 cm³/mol. The Balaban J connectivity index is 4.78. The van der Waals surface area contributed by atoms with Crippen LogP contribution in [0.15, 0.2) is 0 Å². The van der Waals surface area contributed by atoms with Crippen LogP contribution in [0.1, 0.15) is 59.8 Å². The highest BCUT2D eigenvalue weighted by Gasteiger charge is 2.39. The summed E-state index contributed by atoms with van der Waals surface area (Å²) in [6, 6.07) is 1.43. The molecule has 0 saturated carbocycles. The molecular weight excluding hydrogens is 264 g/mol. The van der Waals surface area contributed by atoms with Gasteiger partial charge in [0.25, 0.3) is 0 Å². The molecule has 3 heteroatoms. The quantitative estimate of drug-likeness (QED) is 0.435. The second kappa shape index (κ2) is 8.63. The average Bonchev–Trinajstić information content (AvgIpc) is 2.34. The van der Waals surface area contributed by atoms with Gasteiger partial charge in [0.05, 0.1) is 8.07 Å². The van der Waals surface area contributed by atoms with Crippen LogP contribution < -0.4 is 0 Å². The van der Waals surface area contributed by atoms with Gasteiger partial charge >= 0.3 is 0 Å². The summed E-state index contributed by atoms with van der Waals surface area (Å²) < 4.78 is 6.79. The van der Waals surface area contributed by atoms with Gasteiger partial charge in [-0.25, -0.2) is 0 Å². The first-order valence-electron chi connectivity index (χ1n) is 8.42. The van der Waals surface area contributed by atoms with Gasteiger partial charge in [-0.15, -0.1) is 0 Å². The van der Waals surface area contributed by atoms with E-state index < -0.39 is 16.4 Å². The van der Waals surface area contributed by atoms with Crippen molar-refractivity contribution in [1.29, 1.82) is 0 Å². The summed E-state index contributed by atoms with van der Waals surface area (Å²) >= 11 is 0. The van der Waals surface area contributed by atoms with E-state index in [1.54, 1.807) is 0 Å². The van der Waals surface area contributed by atoms with Crippen molar-refractivity contribution in [1.82, 2.24) is 0 Å². The van der Waals surface area contributed by atoms with Gasteiger partial charge in [-0.05, 0) is 25.1 Å². The maximum Gasteiger partial charge on any atom is 0.189 e. The summed E-state index contributed by atoms with van der Waals surface area (Å²) in [7, 11) is -2.75. The molecule has 0 bridgehead atoms. The number of unbranched alkanes of at least 4 members (excludes halogenated alkanes) is 1. The molecule has 0 aromatic rings. The van der Waals surface area contributed by atoms with Crippen LogP contribution in [-0.4, -0.2) is 22.1 Å². The van der Waals surface area contributed by atoms with Gasteiger partial charge in [-0.1, -0.05) is 72.5 Å². The minimum absolute atomic E-state index is 0.571. The molecule has 0 spiro atoms. The molecule has 0 radical (unpaired) electrons. The van der Waals surface area contributed by atoms with Crippen LogP contribution in [0.3, 0.4) is 0 Å². The smallest absolute Gasteiger partial charge is 0.189 e. The predicted octanol–water partition coefficient (Wildman–Crippen LogP) is 6.22. The van der Waals surface area contributed by atoms with Crippen LogP contribution >= 0.6 is 0 Å². The van der Waals surface area contributed by atoms with Crippen LogP contribution in [0, 0.1) is 0 Å². The van der Waals surface area contributed by atoms with Crippen molar-refractivity contribution in [3.05, 3.63) is 0 Å². The van der Waals surface area contributed by atoms with E-state index in [4.69, 9.17) is 4.43 Å². The Morgan fingerprint density at radius 1 is 0.842 bits per heavy atom. The van der Waals surface area contributed by atoms with Crippen LogP contribution in [0.25, 0.3) is 0 Å². The lowest BCUT2D eigenvalue weighted by Crippen LogP contribution is -2.50. The van der Waals surface area contributed by atoms with Crippen LogP contribution in [0.2, 0.25) is 37.8 Å². The molecular formula is C16H38OSi2. The van der Waals surface area contributed by atoms with Crippen LogP contribution in [0.4, 0.5) is 0 Å². The van der Waals surface area contributed by atoms with E-state index in [1.807, 2.05) is 0 Å². The van der Waals surface area contributed by atoms with E-state index in [1.165, 1.54) is 38.1 Å². The zero-order valence-electron chi connectivity index (χ0n) is 14.8. The Labute approximate surface area is 124 Å². The van der Waals surface area contributed by atoms with Crippen molar-refractivity contribution in [3.8, 4) is 0 Å². The molecule has 0 amide bonds. The molecule has 0 rings (SSSR count). The highest BCUT2D eigenvalue weighted by atomic mass is 28.4. The van der Waals surface area contributed by atoms with Crippen LogP contribution in [-0.2, 0) is 4.43 Å². The molecule has 0 heterocycles. The topological polar surface area (TPSA) is 9.23 Å². The lowest BCUT2D eigenvalue weighted by Gasteiger charge is -2.41. The minimum atomic E-state index is -1.53. The standard InChI is InChI=1S/C16H38OSi2/c1-9-13-14-18(5,6)16(12-4)17-19(7,8)15(10-2)11-3/h15-16H,9-14H2,1-8H3. The van der Waals surface area contributed by atoms with Crippen molar-refractivity contribution >= 4 is 16.4 Å². The monoisotopic (exact) mass is 302 g/mol. The Hall–Kier alpha value is 0.394. The lowest BCUT2D eigenvalue weighted by molar-refractivity contribution is 0.244. The molecule has 116 valence electrons. The van der Waals surface area contributed by atoms with Crippen LogP contribution in [0.5, 0.6) is 0 Å². The summed E-state index contributed by atoms with van der Waals surface area (Å²) in [5.41, 5.74) is 1.39. The van der Waals surface area contributed by atoms with E-state index in [0.29, 0.717) is 5.73 Å². The largest absolute Gasteiger partial charge is 0.417 e. The van der Waals surface area contributed by atoms with Gasteiger partial charge in [0.2, 0.25) is 0 Å². The number of rotatable bonds is 10. The Morgan fingerprint density at radius 2 is 1.37 bits per heavy atom. The molecule has 0 fully saturated rings. The summed E-state index contributed by atoms with van der Waals surface area (Å²) in [4.78, 5) is 0. The fourth-order valence-corrected chi connectivity index (χ4v) is 11.3. The molecule has 1 nitrogen and oxygen atoms in total. The third-order valence-corrected chi connectivity index (χ3v) is 12.7. The van der Waals surface area contributed by atoms with Crippen molar-refractivity contribution in [2.75, 3.05) is 0 Å². The molecule has 0 saturated heterocycles. The van der Waals surface area contributed by atoms with Gasteiger partial charge < -0.3 is 4.43 Å². The number of hydrogen-bond acceptors (Lipinski definition) is 1. The summed E-state index contributed by atoms with van der Waals surface area (Å²) in [6.45, 7) is 19.2. The van der Waals surface area contributed by atoms with E-state index in [-0.39, 0.29) is 0 Å². The van der Waals surface area contributed by atoms with E-state index in [9.17, 15) is 0 Å². The molecule has 0 aliphatic rings. The van der Waals surface area contributed by atoms with Crippen molar-refractivity contribution in [2.24, 2.45) is 0 Å². The third-order valence-electron chi connectivity index (χ3n) is 4.83. The normalized spacial score (nSPS) is 15.0. The molecule has 0 aromatic heterocycles. The first-order chi connectivity index (χ1) is 8.75. The third kappa shape index (κ3) is 6.13. The van der Waals surface area contributed by atoms with Gasteiger partial charge in [0, 0.05) is 5.73 Å². The number of hydrogen-bond donors (Lipinski definition) is 0. The molecule has 19 heavy (non-hydrogen) atoms. The maximum absolute atomic E-state index is 6.79. The van der Waals surface area contributed by atoms with Gasteiger partial charge in [-0.3, -0.25) is 0 Å². The van der Waals surface area contributed by atoms with E-state index >= 15 is 0 Å². The second-order valence-electron chi connectivity index (χ2n) is 7.22. The fraction of sp³-hybridized carbons (Fsp3) is 1.00. The van der Waals surface area contributed by atoms with Gasteiger partial charge in [0.15, 0.2) is 8.32 Å². The van der Waals surface area contributed by atoms with Gasteiger partial charge in [0.1, 0.15) is 0 Å². The summed E-state index contributed by atoms with van der Waals surface area (Å²) in [5.74, 6) is 0. The van der Waals surface area contributed by atoms with E-state index in [2.05, 4.69) is 53.9 Å². The molecule has 1 unspecified atom stereocenters. The molecule has 0 N–H and O–H groups in total. The molecule has 1 atom stereocenters. The highest BCUT2D eigenvalue weighted by molar-refractivity contribution is 6.80. The van der Waals surface area contributed by atoms with Crippen molar-refractivity contribution < 1.29 is 4.43 Å². The Bertz CT molecular complexity index is 235. The van der Waals surface area contributed by atoms with E-state index in [0.717, 1.165) is 5.54 Å². The van der Waals surface area contributed by atoms with Crippen molar-refractivity contribution in [2.45, 2.75) is 103 Å². The highest BCUT2D eigenvalue weighted by Crippen LogP contribution is 2.34. The fourth-order valence-electron chi connectivity index (χ4n) is 3.32. The maximum atomic E-state index is 6.79. The molecule has 0 aliphatic heterocycles. The molecule has 0 aromatic carbocycles. The lowest BCUT2D eigenvalue weighted by atomic mass is 10.3. The zero-order valence-corrected chi connectivity index (χ0v) is 16.8. The van der Waals surface area contributed by atoms with Gasteiger partial charge in [-0.2, -0.15) is 0 Å². The first kappa shape index (κ1) is 19.4. The Morgan fingerprint density at radius 3 is 1.74 bits per heavy atom. The summed E-state index contributed by atoms with van der Waals surface area (Å²) in [6.07, 6.45) is 6.47. The minimum Gasteiger partial charge on any atom is -0.417 e. The first-order valence-corrected chi connectivity index (χ1v) is 14.7. The summed E-state index contributed by atoms with van der Waals surface area (Å²) in [5, 5.41) is 0.